The summed E-state index contributed by atoms with van der Waals surface area (Å²) in [6.07, 6.45) is 4.32. The van der Waals surface area contributed by atoms with Gasteiger partial charge in [0.05, 0.1) is 6.07 Å². The lowest BCUT2D eigenvalue weighted by Gasteiger charge is -2.36. The molecule has 1 aliphatic rings. The Labute approximate surface area is 112 Å². The second-order valence-corrected chi connectivity index (χ2v) is 5.78. The monoisotopic (exact) mass is 252 g/mol. The molecule has 0 aromatic carbocycles. The van der Waals surface area contributed by atoms with Crippen LogP contribution in [0.4, 0.5) is 0 Å². The van der Waals surface area contributed by atoms with Gasteiger partial charge in [-0.3, -0.25) is 0 Å². The van der Waals surface area contributed by atoms with Crippen molar-refractivity contribution < 1.29 is 0 Å². The second kappa shape index (κ2) is 7.08. The van der Waals surface area contributed by atoms with E-state index in [4.69, 9.17) is 11.0 Å². The molecule has 1 saturated heterocycles. The van der Waals surface area contributed by atoms with Gasteiger partial charge < -0.3 is 15.5 Å². The summed E-state index contributed by atoms with van der Waals surface area (Å²) < 4.78 is 0. The minimum absolute atomic E-state index is 0.660. The molecule has 1 fully saturated rings. The van der Waals surface area contributed by atoms with Gasteiger partial charge in [0.15, 0.2) is 0 Å². The summed E-state index contributed by atoms with van der Waals surface area (Å²) in [7, 11) is 2.20. The number of hydrogen-bond acceptors (Lipinski definition) is 4. The van der Waals surface area contributed by atoms with Crippen LogP contribution in [0.1, 0.15) is 39.5 Å². The molecule has 0 saturated carbocycles. The molecule has 0 amide bonds. The third-order valence-electron chi connectivity index (χ3n) is 4.09. The van der Waals surface area contributed by atoms with E-state index in [1.165, 1.54) is 32.5 Å². The molecule has 0 radical (unpaired) electrons. The highest BCUT2D eigenvalue weighted by Gasteiger charge is 2.22. The van der Waals surface area contributed by atoms with Gasteiger partial charge in [-0.2, -0.15) is 5.26 Å². The molecule has 4 heteroatoms. The summed E-state index contributed by atoms with van der Waals surface area (Å²) in [5, 5.41) is 8.87. The van der Waals surface area contributed by atoms with Crippen LogP contribution in [0.5, 0.6) is 0 Å². The second-order valence-electron chi connectivity index (χ2n) is 5.78. The van der Waals surface area contributed by atoms with E-state index in [0.717, 1.165) is 19.4 Å². The van der Waals surface area contributed by atoms with E-state index in [1.54, 1.807) is 0 Å². The Morgan fingerprint density at radius 1 is 1.44 bits per heavy atom. The van der Waals surface area contributed by atoms with Crippen molar-refractivity contribution in [2.45, 2.75) is 51.1 Å². The quantitative estimate of drug-likeness (QED) is 0.777. The van der Waals surface area contributed by atoms with E-state index in [9.17, 15) is 0 Å². The molecule has 4 nitrogen and oxygen atoms in total. The zero-order chi connectivity index (χ0) is 13.6. The highest BCUT2D eigenvalue weighted by molar-refractivity contribution is 5.00. The van der Waals surface area contributed by atoms with Gasteiger partial charge in [0.1, 0.15) is 5.54 Å². The number of likely N-dealkylation sites (tertiary alicyclic amines) is 1. The molecular weight excluding hydrogens is 224 g/mol. The number of hydrogen-bond donors (Lipinski definition) is 1. The fourth-order valence-corrected chi connectivity index (χ4v) is 2.61. The lowest BCUT2D eigenvalue weighted by molar-refractivity contribution is 0.129. The van der Waals surface area contributed by atoms with E-state index in [2.05, 4.69) is 29.8 Å². The molecule has 104 valence electrons. The van der Waals surface area contributed by atoms with Gasteiger partial charge in [0, 0.05) is 6.04 Å². The summed E-state index contributed by atoms with van der Waals surface area (Å²) in [5.74, 6) is 0. The van der Waals surface area contributed by atoms with Crippen LogP contribution in [0, 0.1) is 11.3 Å². The molecule has 1 rings (SSSR count). The van der Waals surface area contributed by atoms with Crippen LogP contribution in [0.3, 0.4) is 0 Å². The largest absolute Gasteiger partial charge is 0.314 e. The number of piperidine rings is 1. The number of rotatable bonds is 6. The third kappa shape index (κ3) is 4.93. The average molecular weight is 252 g/mol. The molecule has 1 heterocycles. The van der Waals surface area contributed by atoms with Crippen LogP contribution in [0.25, 0.3) is 0 Å². The fourth-order valence-electron chi connectivity index (χ4n) is 2.61. The maximum atomic E-state index is 8.87. The Balaban J connectivity index is 2.22. The maximum Gasteiger partial charge on any atom is 0.101 e. The molecule has 0 bridgehead atoms. The summed E-state index contributed by atoms with van der Waals surface area (Å²) in [4.78, 5) is 4.96. The Morgan fingerprint density at radius 3 is 2.56 bits per heavy atom. The molecule has 18 heavy (non-hydrogen) atoms. The molecule has 1 atom stereocenters. The van der Waals surface area contributed by atoms with Gasteiger partial charge in [-0.05, 0) is 65.8 Å². The van der Waals surface area contributed by atoms with E-state index < -0.39 is 5.54 Å². The fraction of sp³-hybridized carbons (Fsp3) is 0.929. The van der Waals surface area contributed by atoms with Crippen LogP contribution in [0.15, 0.2) is 0 Å². The Hall–Kier alpha value is -0.630. The minimum Gasteiger partial charge on any atom is -0.314 e. The van der Waals surface area contributed by atoms with Gasteiger partial charge in [-0.25, -0.2) is 0 Å². The molecule has 1 aliphatic heterocycles. The smallest absolute Gasteiger partial charge is 0.101 e. The Bertz CT molecular complexity index is 274. The van der Waals surface area contributed by atoms with E-state index in [-0.39, 0.29) is 0 Å². The normalized spacial score (nSPS) is 21.8. The van der Waals surface area contributed by atoms with Crippen LogP contribution in [-0.4, -0.2) is 54.6 Å². The van der Waals surface area contributed by atoms with Crippen LogP contribution in [-0.2, 0) is 0 Å². The zero-order valence-corrected chi connectivity index (χ0v) is 12.2. The zero-order valence-electron chi connectivity index (χ0n) is 12.2. The van der Waals surface area contributed by atoms with Gasteiger partial charge in [0.2, 0.25) is 0 Å². The van der Waals surface area contributed by atoms with Crippen molar-refractivity contribution >= 4 is 0 Å². The first-order chi connectivity index (χ1) is 8.48. The van der Waals surface area contributed by atoms with Crippen molar-refractivity contribution in [1.82, 2.24) is 9.80 Å². The predicted octanol–water partition coefficient (Wildman–Crippen LogP) is 1.42. The maximum absolute atomic E-state index is 8.87. The average Bonchev–Trinajstić information content (AvgIpc) is 2.38. The van der Waals surface area contributed by atoms with Crippen molar-refractivity contribution in [2.75, 3.05) is 33.2 Å². The first-order valence-electron chi connectivity index (χ1n) is 7.11. The molecule has 0 aliphatic carbocycles. The summed E-state index contributed by atoms with van der Waals surface area (Å²) >= 11 is 0. The van der Waals surface area contributed by atoms with E-state index in [1.807, 2.05) is 6.92 Å². The number of nitrogens with two attached hydrogens (primary N) is 1. The van der Waals surface area contributed by atoms with Crippen LogP contribution < -0.4 is 5.73 Å². The first kappa shape index (κ1) is 15.4. The lowest BCUT2D eigenvalue weighted by atomic mass is 9.98. The molecule has 0 spiro atoms. The summed E-state index contributed by atoms with van der Waals surface area (Å²) in [6.45, 7) is 8.70. The molecule has 0 aromatic heterocycles. The molecule has 0 aromatic rings. The minimum atomic E-state index is -0.660. The highest BCUT2D eigenvalue weighted by Crippen LogP contribution is 2.16. The van der Waals surface area contributed by atoms with Crippen molar-refractivity contribution in [3.05, 3.63) is 0 Å². The lowest BCUT2D eigenvalue weighted by Crippen LogP contribution is -2.44. The Morgan fingerprint density at radius 2 is 2.06 bits per heavy atom. The topological polar surface area (TPSA) is 56.3 Å². The molecular formula is C14H28N4. The van der Waals surface area contributed by atoms with Crippen LogP contribution >= 0.6 is 0 Å². The first-order valence-corrected chi connectivity index (χ1v) is 7.11. The summed E-state index contributed by atoms with van der Waals surface area (Å²) in [5.41, 5.74) is 5.17. The molecule has 2 N–H and O–H groups in total. The Kier molecular flexibility index (Phi) is 6.07. The predicted molar refractivity (Wildman–Crippen MR) is 75.2 cm³/mol. The summed E-state index contributed by atoms with van der Waals surface area (Å²) in [6, 6.07) is 2.87. The third-order valence-corrected chi connectivity index (χ3v) is 4.09. The van der Waals surface area contributed by atoms with Gasteiger partial charge in [-0.1, -0.05) is 6.92 Å². The van der Waals surface area contributed by atoms with Gasteiger partial charge >= 0.3 is 0 Å². The van der Waals surface area contributed by atoms with Crippen molar-refractivity contribution in [2.24, 2.45) is 5.73 Å². The van der Waals surface area contributed by atoms with Gasteiger partial charge in [-0.15, -0.1) is 0 Å². The van der Waals surface area contributed by atoms with E-state index >= 15 is 0 Å². The van der Waals surface area contributed by atoms with Gasteiger partial charge in [0.25, 0.3) is 0 Å². The van der Waals surface area contributed by atoms with Crippen molar-refractivity contribution in [3.8, 4) is 6.07 Å². The standard InChI is InChI=1S/C14H28N4/c1-4-18-10-6-13(7-11-18)17(3)9-5-8-14(2,16)12-15/h13H,4-11,16H2,1-3H3. The van der Waals surface area contributed by atoms with Crippen molar-refractivity contribution in [3.63, 3.8) is 0 Å². The number of nitriles is 1. The van der Waals surface area contributed by atoms with Crippen molar-refractivity contribution in [1.29, 1.82) is 5.26 Å². The SMILES string of the molecule is CCN1CCC(N(C)CCCC(C)(N)C#N)CC1. The molecule has 1 unspecified atom stereocenters. The van der Waals surface area contributed by atoms with Crippen LogP contribution in [0.2, 0.25) is 0 Å². The number of nitrogens with zero attached hydrogens (tertiary/aromatic N) is 3. The van der Waals surface area contributed by atoms with E-state index in [0.29, 0.717) is 6.04 Å². The highest BCUT2D eigenvalue weighted by atomic mass is 15.2.